The van der Waals surface area contributed by atoms with E-state index in [-0.39, 0.29) is 12.2 Å². The Balaban J connectivity index is 1.99. The summed E-state index contributed by atoms with van der Waals surface area (Å²) in [6, 6.07) is 3.80. The first kappa shape index (κ1) is 15.1. The molecule has 3 rings (SSSR count). The van der Waals surface area contributed by atoms with Crippen LogP contribution in [0.5, 0.6) is 0 Å². The van der Waals surface area contributed by atoms with Crippen molar-refractivity contribution in [2.24, 2.45) is 0 Å². The maximum absolute atomic E-state index is 13.0. The highest BCUT2D eigenvalue weighted by atomic mass is 35.5. The van der Waals surface area contributed by atoms with Crippen LogP contribution in [0.4, 0.5) is 8.78 Å². The van der Waals surface area contributed by atoms with Gasteiger partial charge < -0.3 is 4.57 Å². The van der Waals surface area contributed by atoms with E-state index in [1.807, 2.05) is 19.1 Å². The molecule has 0 unspecified atom stereocenters. The molecule has 0 aliphatic heterocycles. The van der Waals surface area contributed by atoms with Crippen molar-refractivity contribution in [3.05, 3.63) is 52.1 Å². The average Bonchev–Trinajstić information content (AvgIpc) is 3.08. The van der Waals surface area contributed by atoms with E-state index in [0.717, 1.165) is 9.75 Å². The van der Waals surface area contributed by atoms with Gasteiger partial charge in [0.1, 0.15) is 11.5 Å². The number of alkyl halides is 2. The maximum atomic E-state index is 13.0. The van der Waals surface area contributed by atoms with Gasteiger partial charge in [-0.05, 0) is 19.1 Å². The summed E-state index contributed by atoms with van der Waals surface area (Å²) >= 11 is 7.25. The monoisotopic (exact) mass is 340 g/mol. The summed E-state index contributed by atoms with van der Waals surface area (Å²) in [7, 11) is 0. The molecular formula is C14H11ClF2N4S. The largest absolute Gasteiger partial charge is 0.322 e. The zero-order valence-corrected chi connectivity index (χ0v) is 13.1. The average molecular weight is 341 g/mol. The molecule has 0 radical (unpaired) electrons. The van der Waals surface area contributed by atoms with Crippen molar-refractivity contribution in [3.8, 4) is 10.7 Å². The lowest BCUT2D eigenvalue weighted by molar-refractivity contribution is 0.146. The van der Waals surface area contributed by atoms with E-state index in [4.69, 9.17) is 11.6 Å². The summed E-state index contributed by atoms with van der Waals surface area (Å²) in [5.74, 6) is 0.976. The van der Waals surface area contributed by atoms with Crippen molar-refractivity contribution >= 4 is 22.9 Å². The second-order valence-corrected chi connectivity index (χ2v) is 6.37. The van der Waals surface area contributed by atoms with Crippen molar-refractivity contribution < 1.29 is 8.78 Å². The van der Waals surface area contributed by atoms with Crippen LogP contribution < -0.4 is 0 Å². The van der Waals surface area contributed by atoms with Crippen molar-refractivity contribution in [1.29, 1.82) is 0 Å². The van der Waals surface area contributed by atoms with E-state index in [0.29, 0.717) is 16.7 Å². The first-order valence-corrected chi connectivity index (χ1v) is 7.61. The van der Waals surface area contributed by atoms with E-state index < -0.39 is 6.43 Å². The molecule has 114 valence electrons. The van der Waals surface area contributed by atoms with Crippen molar-refractivity contribution in [3.63, 3.8) is 0 Å². The number of thiophene rings is 1. The van der Waals surface area contributed by atoms with E-state index in [1.165, 1.54) is 29.9 Å². The maximum Gasteiger partial charge on any atom is 0.281 e. The highest BCUT2D eigenvalue weighted by Gasteiger charge is 2.18. The van der Waals surface area contributed by atoms with Crippen molar-refractivity contribution in [2.75, 3.05) is 0 Å². The van der Waals surface area contributed by atoms with Gasteiger partial charge in [-0.2, -0.15) is 0 Å². The first-order chi connectivity index (χ1) is 10.5. The van der Waals surface area contributed by atoms with Crippen LogP contribution in [0.1, 0.15) is 22.8 Å². The van der Waals surface area contributed by atoms with Crippen LogP contribution in [-0.4, -0.2) is 19.5 Å². The number of nitrogens with zero attached hydrogens (tertiary/aromatic N) is 4. The zero-order chi connectivity index (χ0) is 15.7. The van der Waals surface area contributed by atoms with Gasteiger partial charge in [-0.1, -0.05) is 11.6 Å². The first-order valence-electron chi connectivity index (χ1n) is 6.41. The molecule has 22 heavy (non-hydrogen) atoms. The number of hydrogen-bond acceptors (Lipinski definition) is 4. The van der Waals surface area contributed by atoms with Gasteiger partial charge in [-0.15, -0.1) is 11.3 Å². The fourth-order valence-corrected chi connectivity index (χ4v) is 2.96. The molecule has 0 saturated carbocycles. The Hall–Kier alpha value is -1.86. The molecule has 0 saturated heterocycles. The minimum absolute atomic E-state index is 0.253. The van der Waals surface area contributed by atoms with Gasteiger partial charge in [0.15, 0.2) is 5.82 Å². The van der Waals surface area contributed by atoms with Crippen LogP contribution in [-0.2, 0) is 6.54 Å². The lowest BCUT2D eigenvalue weighted by Crippen LogP contribution is -2.04. The smallest absolute Gasteiger partial charge is 0.281 e. The zero-order valence-electron chi connectivity index (χ0n) is 11.5. The number of imidazole rings is 1. The molecule has 3 aromatic rings. The third kappa shape index (κ3) is 3.15. The Kier molecular flexibility index (Phi) is 4.17. The number of halogens is 3. The quantitative estimate of drug-likeness (QED) is 0.709. The molecule has 0 aliphatic carbocycles. The summed E-state index contributed by atoms with van der Waals surface area (Å²) in [5.41, 5.74) is -0.255. The lowest BCUT2D eigenvalue weighted by Gasteiger charge is -2.05. The van der Waals surface area contributed by atoms with Crippen LogP contribution in [0.2, 0.25) is 5.02 Å². The lowest BCUT2D eigenvalue weighted by atomic mass is 10.4. The van der Waals surface area contributed by atoms with Crippen molar-refractivity contribution in [2.45, 2.75) is 19.9 Å². The molecule has 3 aromatic heterocycles. The van der Waals surface area contributed by atoms with Gasteiger partial charge in [0.05, 0.1) is 16.4 Å². The molecule has 0 aliphatic rings. The predicted octanol–water partition coefficient (Wildman–Crippen LogP) is 4.35. The molecule has 0 atom stereocenters. The molecule has 3 heterocycles. The van der Waals surface area contributed by atoms with Gasteiger partial charge in [0, 0.05) is 23.5 Å². The fourth-order valence-electron chi connectivity index (χ4n) is 1.99. The fraction of sp³-hybridized carbons (Fsp3) is 0.214. The summed E-state index contributed by atoms with van der Waals surface area (Å²) in [6.07, 6.45) is 1.67. The molecule has 0 bridgehead atoms. The van der Waals surface area contributed by atoms with Crippen LogP contribution in [0.3, 0.4) is 0 Å². The van der Waals surface area contributed by atoms with Crippen LogP contribution in [0.15, 0.2) is 30.7 Å². The minimum atomic E-state index is -2.62. The molecule has 0 aromatic carbocycles. The van der Waals surface area contributed by atoms with Gasteiger partial charge in [-0.25, -0.2) is 23.7 Å². The third-order valence-electron chi connectivity index (χ3n) is 2.97. The number of hydrogen-bond donors (Lipinski definition) is 0. The van der Waals surface area contributed by atoms with Crippen LogP contribution >= 0.6 is 22.9 Å². The van der Waals surface area contributed by atoms with E-state index >= 15 is 0 Å². The van der Waals surface area contributed by atoms with Gasteiger partial charge in [0.25, 0.3) is 6.43 Å². The highest BCUT2D eigenvalue weighted by molar-refractivity contribution is 7.15. The summed E-state index contributed by atoms with van der Waals surface area (Å²) in [5, 5.41) is 0.428. The molecule has 4 nitrogen and oxygen atoms in total. The highest BCUT2D eigenvalue weighted by Crippen LogP contribution is 2.29. The normalized spacial score (nSPS) is 11.3. The van der Waals surface area contributed by atoms with Gasteiger partial charge in [-0.3, -0.25) is 0 Å². The molecule has 0 N–H and O–H groups in total. The summed E-state index contributed by atoms with van der Waals surface area (Å²) < 4.78 is 27.5. The Morgan fingerprint density at radius 2 is 2.00 bits per heavy atom. The Bertz CT molecular complexity index is 782. The standard InChI is InChI=1S/C14H11ClF2N4S/c1-8-2-3-11(22-8)14-20-10(13(16)17)6-21(14)7-12-18-4-9(15)5-19-12/h2-6,13H,7H2,1H3. The number of aryl methyl sites for hydroxylation is 1. The van der Waals surface area contributed by atoms with Crippen molar-refractivity contribution in [1.82, 2.24) is 19.5 Å². The summed E-state index contributed by atoms with van der Waals surface area (Å²) in [6.45, 7) is 2.21. The topological polar surface area (TPSA) is 43.6 Å². The van der Waals surface area contributed by atoms with E-state index in [9.17, 15) is 8.78 Å². The second kappa shape index (κ2) is 6.10. The second-order valence-electron chi connectivity index (χ2n) is 4.65. The van der Waals surface area contributed by atoms with Gasteiger partial charge >= 0.3 is 0 Å². The molecule has 0 spiro atoms. The molecule has 8 heteroatoms. The van der Waals surface area contributed by atoms with Crippen LogP contribution in [0, 0.1) is 6.92 Å². The van der Waals surface area contributed by atoms with Gasteiger partial charge in [0.2, 0.25) is 0 Å². The number of aromatic nitrogens is 4. The van der Waals surface area contributed by atoms with E-state index in [1.54, 1.807) is 4.57 Å². The Morgan fingerprint density at radius 3 is 2.59 bits per heavy atom. The molecule has 0 amide bonds. The minimum Gasteiger partial charge on any atom is -0.322 e. The third-order valence-corrected chi connectivity index (χ3v) is 4.16. The SMILES string of the molecule is Cc1ccc(-c2nc(C(F)F)cn2Cc2ncc(Cl)cn2)s1. The predicted molar refractivity (Wildman–Crippen MR) is 81.4 cm³/mol. The Morgan fingerprint density at radius 1 is 1.27 bits per heavy atom. The summed E-state index contributed by atoms with van der Waals surface area (Å²) in [4.78, 5) is 14.2. The van der Waals surface area contributed by atoms with Crippen LogP contribution in [0.25, 0.3) is 10.7 Å². The van der Waals surface area contributed by atoms with E-state index in [2.05, 4.69) is 15.0 Å². The Labute approximate surface area is 134 Å². The number of rotatable bonds is 4. The molecular weight excluding hydrogens is 330 g/mol. The molecule has 0 fully saturated rings.